The van der Waals surface area contributed by atoms with Crippen molar-refractivity contribution in [2.75, 3.05) is 31.5 Å². The average Bonchev–Trinajstić information content (AvgIpc) is 3.31. The van der Waals surface area contributed by atoms with Crippen LogP contribution in [0, 0.1) is 11.3 Å². The number of imidazole rings is 1. The summed E-state index contributed by atoms with van der Waals surface area (Å²) >= 11 is 6.37. The van der Waals surface area contributed by atoms with Crippen molar-refractivity contribution >= 4 is 23.2 Å². The monoisotopic (exact) mass is 473 g/mol. The molecule has 0 aliphatic heterocycles. The first-order chi connectivity index (χ1) is 15.6. The van der Waals surface area contributed by atoms with Crippen LogP contribution in [0.2, 0.25) is 5.02 Å². The maximum Gasteiger partial charge on any atom is 0.252 e. The lowest BCUT2D eigenvalue weighted by Crippen LogP contribution is -2.43. The number of fused-ring (bicyclic) bond motifs is 2. The lowest BCUT2D eigenvalue weighted by molar-refractivity contribution is 0.0682. The summed E-state index contributed by atoms with van der Waals surface area (Å²) in [5.74, 6) is 0.809. The molecule has 7 heteroatoms. The number of amides is 1. The van der Waals surface area contributed by atoms with Gasteiger partial charge in [-0.3, -0.25) is 4.79 Å². The molecule has 182 valence electrons. The molecule has 4 rings (SSSR count). The normalized spacial score (nSPS) is 21.8. The molecule has 2 aliphatic carbocycles. The molecule has 1 amide bonds. The van der Waals surface area contributed by atoms with E-state index in [0.717, 1.165) is 50.7 Å². The summed E-state index contributed by atoms with van der Waals surface area (Å²) in [7, 11) is 0. The number of carbonyl (C=O) groups is 1. The standard InChI is InChI=1S/C25H36ClN5O.CH4/c26-23-7-6-21(29-12-11-27-10-3-14-31-15-13-28-19-31)16-22(23)24(32)30-18-25-8-1-4-20(17-25)5-2-9-25;/h6-7,13,15-16,19-20,27,29H,1-5,8-12,14,17-18H2,(H,30,32);1H4. The first kappa shape index (κ1) is 25.6. The van der Waals surface area contributed by atoms with Crippen molar-refractivity contribution in [1.29, 1.82) is 0 Å². The zero-order chi connectivity index (χ0) is 22.2. The zero-order valence-electron chi connectivity index (χ0n) is 18.9. The van der Waals surface area contributed by atoms with Gasteiger partial charge in [-0.05, 0) is 61.8 Å². The van der Waals surface area contributed by atoms with Gasteiger partial charge >= 0.3 is 0 Å². The first-order valence-corrected chi connectivity index (χ1v) is 12.5. The van der Waals surface area contributed by atoms with Crippen LogP contribution in [0.5, 0.6) is 0 Å². The highest BCUT2D eigenvalue weighted by atomic mass is 35.5. The van der Waals surface area contributed by atoms with E-state index in [2.05, 4.69) is 25.5 Å². The number of nitrogens with zero attached hydrogens (tertiary/aromatic N) is 2. The number of halogens is 1. The summed E-state index contributed by atoms with van der Waals surface area (Å²) in [6, 6.07) is 5.62. The van der Waals surface area contributed by atoms with E-state index in [4.69, 9.17) is 11.6 Å². The molecule has 0 unspecified atom stereocenters. The summed E-state index contributed by atoms with van der Waals surface area (Å²) in [5.41, 5.74) is 1.79. The molecule has 2 fully saturated rings. The first-order valence-electron chi connectivity index (χ1n) is 12.1. The highest BCUT2D eigenvalue weighted by Gasteiger charge is 2.39. The fraction of sp³-hybridized carbons (Fsp3) is 0.615. The third kappa shape index (κ3) is 7.21. The van der Waals surface area contributed by atoms with Gasteiger partial charge in [0.2, 0.25) is 0 Å². The Morgan fingerprint density at radius 3 is 2.76 bits per heavy atom. The molecule has 0 atom stereocenters. The Labute approximate surface area is 203 Å². The minimum atomic E-state index is -0.0571. The van der Waals surface area contributed by atoms with Gasteiger partial charge in [0, 0.05) is 44.3 Å². The molecule has 2 aliphatic rings. The topological polar surface area (TPSA) is 71.0 Å². The maximum atomic E-state index is 12.9. The van der Waals surface area contributed by atoms with Crippen molar-refractivity contribution in [2.24, 2.45) is 11.3 Å². The van der Waals surface area contributed by atoms with E-state index < -0.39 is 0 Å². The summed E-state index contributed by atoms with van der Waals surface area (Å²) < 4.78 is 2.08. The second-order valence-electron chi connectivity index (χ2n) is 9.56. The molecule has 0 saturated heterocycles. The number of aromatic nitrogens is 2. The van der Waals surface area contributed by atoms with Gasteiger partial charge in [0.15, 0.2) is 0 Å². The number of hydrogen-bond acceptors (Lipinski definition) is 4. The lowest BCUT2D eigenvalue weighted by Gasteiger charge is -2.45. The molecule has 2 aromatic rings. The molecule has 1 heterocycles. The molecule has 2 bridgehead atoms. The van der Waals surface area contributed by atoms with E-state index in [0.29, 0.717) is 16.0 Å². The minimum Gasteiger partial charge on any atom is -0.384 e. The van der Waals surface area contributed by atoms with E-state index in [1.54, 1.807) is 6.20 Å². The molecule has 6 nitrogen and oxygen atoms in total. The van der Waals surface area contributed by atoms with Gasteiger partial charge in [-0.15, -0.1) is 0 Å². The van der Waals surface area contributed by atoms with Gasteiger partial charge in [-0.1, -0.05) is 44.7 Å². The number of hydrogen-bond donors (Lipinski definition) is 3. The van der Waals surface area contributed by atoms with E-state index in [-0.39, 0.29) is 13.3 Å². The van der Waals surface area contributed by atoms with Gasteiger partial charge in [0.1, 0.15) is 0 Å². The average molecular weight is 474 g/mol. The Bertz CT molecular complexity index is 860. The maximum absolute atomic E-state index is 12.9. The zero-order valence-corrected chi connectivity index (χ0v) is 19.7. The predicted molar refractivity (Wildman–Crippen MR) is 137 cm³/mol. The molecule has 3 N–H and O–H groups in total. The number of aryl methyl sites for hydroxylation is 1. The second kappa shape index (κ2) is 12.4. The number of nitrogens with one attached hydrogen (secondary N) is 3. The van der Waals surface area contributed by atoms with Gasteiger partial charge in [0.05, 0.1) is 16.9 Å². The summed E-state index contributed by atoms with van der Waals surface area (Å²) in [4.78, 5) is 17.0. The Hall–Kier alpha value is -2.05. The Kier molecular flexibility index (Phi) is 9.63. The van der Waals surface area contributed by atoms with Crippen LogP contribution < -0.4 is 16.0 Å². The van der Waals surface area contributed by atoms with Crippen LogP contribution in [0.15, 0.2) is 36.9 Å². The van der Waals surface area contributed by atoms with E-state index in [9.17, 15) is 4.79 Å². The predicted octanol–water partition coefficient (Wildman–Crippen LogP) is 5.35. The molecule has 0 spiro atoms. The number of carbonyl (C=O) groups excluding carboxylic acids is 1. The summed E-state index contributed by atoms with van der Waals surface area (Å²) in [6.45, 7) is 4.35. The molecule has 0 radical (unpaired) electrons. The molecular weight excluding hydrogens is 434 g/mol. The molecule has 1 aromatic heterocycles. The number of benzene rings is 1. The summed E-state index contributed by atoms with van der Waals surface area (Å²) in [6.07, 6.45) is 15.8. The minimum absolute atomic E-state index is 0. The van der Waals surface area contributed by atoms with Crippen LogP contribution in [0.25, 0.3) is 0 Å². The second-order valence-corrected chi connectivity index (χ2v) is 9.97. The van der Waals surface area contributed by atoms with Crippen LogP contribution in [0.1, 0.15) is 69.2 Å². The van der Waals surface area contributed by atoms with Crippen molar-refractivity contribution in [1.82, 2.24) is 20.2 Å². The van der Waals surface area contributed by atoms with Crippen molar-refractivity contribution in [3.8, 4) is 0 Å². The Morgan fingerprint density at radius 1 is 1.18 bits per heavy atom. The van der Waals surface area contributed by atoms with Gasteiger partial charge in [-0.25, -0.2) is 4.98 Å². The van der Waals surface area contributed by atoms with Crippen LogP contribution in [0.3, 0.4) is 0 Å². The van der Waals surface area contributed by atoms with Gasteiger partial charge in [-0.2, -0.15) is 0 Å². The SMILES string of the molecule is C.O=C(NCC12CCCC(CCC1)C2)c1cc(NCCNCCCn2ccnc2)ccc1Cl. The van der Waals surface area contributed by atoms with Crippen LogP contribution in [0.4, 0.5) is 5.69 Å². The Balaban J connectivity index is 0.00000306. The van der Waals surface area contributed by atoms with Crippen molar-refractivity contribution in [2.45, 2.75) is 65.3 Å². The quantitative estimate of drug-likeness (QED) is 0.384. The molecule has 1 aromatic carbocycles. The van der Waals surface area contributed by atoms with E-state index in [1.807, 2.05) is 30.7 Å². The highest BCUT2D eigenvalue weighted by Crippen LogP contribution is 2.48. The van der Waals surface area contributed by atoms with Gasteiger partial charge < -0.3 is 20.5 Å². The fourth-order valence-electron chi connectivity index (χ4n) is 5.47. The van der Waals surface area contributed by atoms with Crippen LogP contribution in [-0.2, 0) is 6.54 Å². The third-order valence-electron chi connectivity index (χ3n) is 7.16. The molecular formula is C26H40ClN5O. The molecule has 2 saturated carbocycles. The lowest BCUT2D eigenvalue weighted by atomic mass is 9.62. The van der Waals surface area contributed by atoms with Crippen molar-refractivity contribution in [3.63, 3.8) is 0 Å². The molecule has 33 heavy (non-hydrogen) atoms. The fourth-order valence-corrected chi connectivity index (χ4v) is 5.67. The van der Waals surface area contributed by atoms with Crippen molar-refractivity contribution in [3.05, 3.63) is 47.5 Å². The van der Waals surface area contributed by atoms with Crippen molar-refractivity contribution < 1.29 is 4.79 Å². The van der Waals surface area contributed by atoms with Crippen LogP contribution >= 0.6 is 11.6 Å². The van der Waals surface area contributed by atoms with E-state index >= 15 is 0 Å². The van der Waals surface area contributed by atoms with Crippen LogP contribution in [-0.4, -0.2) is 41.6 Å². The highest BCUT2D eigenvalue weighted by molar-refractivity contribution is 6.34. The number of rotatable bonds is 11. The van der Waals surface area contributed by atoms with Gasteiger partial charge in [0.25, 0.3) is 5.91 Å². The largest absolute Gasteiger partial charge is 0.384 e. The van der Waals surface area contributed by atoms with E-state index in [1.165, 1.54) is 44.9 Å². The Morgan fingerprint density at radius 2 is 2.00 bits per heavy atom. The third-order valence-corrected chi connectivity index (χ3v) is 7.49. The summed E-state index contributed by atoms with van der Waals surface area (Å²) in [5, 5.41) is 10.6. The smallest absolute Gasteiger partial charge is 0.252 e. The number of anilines is 1.